The summed E-state index contributed by atoms with van der Waals surface area (Å²) in [4.78, 5) is 12.1. The van der Waals surface area contributed by atoms with Crippen LogP contribution in [0.1, 0.15) is 24.0 Å². The van der Waals surface area contributed by atoms with E-state index < -0.39 is 0 Å². The molecule has 0 spiro atoms. The van der Waals surface area contributed by atoms with Crippen LogP contribution in [-0.2, 0) is 16.6 Å². The van der Waals surface area contributed by atoms with Gasteiger partial charge < -0.3 is 10.1 Å². The third-order valence-electron chi connectivity index (χ3n) is 4.39. The SMILES string of the molecule is COc1ccc(CC(=O)NCC2(c3ccccc3)CC2)cc1. The smallest absolute Gasteiger partial charge is 0.224 e. The second-order valence-electron chi connectivity index (χ2n) is 5.95. The van der Waals surface area contributed by atoms with E-state index in [-0.39, 0.29) is 11.3 Å². The molecule has 0 bridgehead atoms. The molecule has 0 aliphatic heterocycles. The summed E-state index contributed by atoms with van der Waals surface area (Å²) in [6, 6.07) is 18.1. The van der Waals surface area contributed by atoms with E-state index in [1.165, 1.54) is 5.56 Å². The number of nitrogens with one attached hydrogen (secondary N) is 1. The standard InChI is InChI=1S/C19H21NO2/c1-22-17-9-7-15(8-10-17)13-18(21)20-14-19(11-12-19)16-5-3-2-4-6-16/h2-10H,11-14H2,1H3,(H,20,21). The second-order valence-corrected chi connectivity index (χ2v) is 5.95. The van der Waals surface area contributed by atoms with Crippen molar-refractivity contribution in [3.05, 3.63) is 65.7 Å². The lowest BCUT2D eigenvalue weighted by molar-refractivity contribution is -0.120. The Morgan fingerprint density at radius 1 is 1.09 bits per heavy atom. The Bertz CT molecular complexity index is 630. The summed E-state index contributed by atoms with van der Waals surface area (Å²) in [5.74, 6) is 0.887. The lowest BCUT2D eigenvalue weighted by Crippen LogP contribution is -2.33. The maximum absolute atomic E-state index is 12.1. The molecule has 2 aromatic carbocycles. The Kier molecular flexibility index (Phi) is 4.14. The highest BCUT2D eigenvalue weighted by Gasteiger charge is 2.44. The van der Waals surface area contributed by atoms with Crippen molar-refractivity contribution >= 4 is 5.91 Å². The van der Waals surface area contributed by atoms with Crippen LogP contribution in [0.2, 0.25) is 0 Å². The third-order valence-corrected chi connectivity index (χ3v) is 4.39. The molecule has 1 aliphatic rings. The average molecular weight is 295 g/mol. The lowest BCUT2D eigenvalue weighted by atomic mass is 9.96. The second kappa shape index (κ2) is 6.22. The number of amides is 1. The first-order chi connectivity index (χ1) is 10.7. The Labute approximate surface area is 131 Å². The summed E-state index contributed by atoms with van der Waals surface area (Å²) in [6.45, 7) is 0.728. The highest BCUT2D eigenvalue weighted by molar-refractivity contribution is 5.78. The highest BCUT2D eigenvalue weighted by Crippen LogP contribution is 2.47. The molecule has 0 atom stereocenters. The molecule has 1 aliphatic carbocycles. The first kappa shape index (κ1) is 14.6. The van der Waals surface area contributed by atoms with Gasteiger partial charge in [0.25, 0.3) is 0 Å². The molecule has 0 radical (unpaired) electrons. The molecule has 0 unspecified atom stereocenters. The topological polar surface area (TPSA) is 38.3 Å². The molecule has 3 nitrogen and oxygen atoms in total. The van der Waals surface area contributed by atoms with Crippen LogP contribution in [0.5, 0.6) is 5.75 Å². The Morgan fingerprint density at radius 2 is 1.77 bits per heavy atom. The molecule has 0 heterocycles. The van der Waals surface area contributed by atoms with Crippen LogP contribution in [0.15, 0.2) is 54.6 Å². The molecule has 3 rings (SSSR count). The summed E-state index contributed by atoms with van der Waals surface area (Å²) in [5, 5.41) is 3.09. The summed E-state index contributed by atoms with van der Waals surface area (Å²) < 4.78 is 5.12. The van der Waals surface area contributed by atoms with Gasteiger partial charge >= 0.3 is 0 Å². The van der Waals surface area contributed by atoms with Crippen LogP contribution in [0, 0.1) is 0 Å². The van der Waals surface area contributed by atoms with Gasteiger partial charge in [-0.05, 0) is 36.1 Å². The minimum atomic E-state index is 0.0763. The van der Waals surface area contributed by atoms with Crippen LogP contribution in [0.4, 0.5) is 0 Å². The van der Waals surface area contributed by atoms with Gasteiger partial charge in [-0.1, -0.05) is 42.5 Å². The van der Waals surface area contributed by atoms with E-state index in [1.54, 1.807) is 7.11 Å². The first-order valence-corrected chi connectivity index (χ1v) is 7.67. The van der Waals surface area contributed by atoms with Crippen LogP contribution < -0.4 is 10.1 Å². The molecule has 0 saturated heterocycles. The minimum absolute atomic E-state index is 0.0763. The molecule has 22 heavy (non-hydrogen) atoms. The predicted molar refractivity (Wildman–Crippen MR) is 87.1 cm³/mol. The predicted octanol–water partition coefficient (Wildman–Crippen LogP) is 3.09. The highest BCUT2D eigenvalue weighted by atomic mass is 16.5. The normalized spacial score (nSPS) is 15.1. The van der Waals surface area contributed by atoms with Gasteiger partial charge in [-0.15, -0.1) is 0 Å². The van der Waals surface area contributed by atoms with Crippen LogP contribution in [0.25, 0.3) is 0 Å². The zero-order chi connectivity index (χ0) is 15.4. The van der Waals surface area contributed by atoms with Gasteiger partial charge in [-0.25, -0.2) is 0 Å². The van der Waals surface area contributed by atoms with E-state index in [1.807, 2.05) is 30.3 Å². The van der Waals surface area contributed by atoms with E-state index in [0.717, 1.165) is 30.7 Å². The number of hydrogen-bond acceptors (Lipinski definition) is 2. The van der Waals surface area contributed by atoms with E-state index >= 15 is 0 Å². The minimum Gasteiger partial charge on any atom is -0.497 e. The summed E-state index contributed by atoms with van der Waals surface area (Å²) >= 11 is 0. The summed E-state index contributed by atoms with van der Waals surface area (Å²) in [7, 11) is 1.64. The van der Waals surface area contributed by atoms with Crippen LogP contribution in [-0.4, -0.2) is 19.6 Å². The van der Waals surface area contributed by atoms with Crippen molar-refractivity contribution in [2.75, 3.05) is 13.7 Å². The molecule has 114 valence electrons. The van der Waals surface area contributed by atoms with Gasteiger partial charge in [0.05, 0.1) is 13.5 Å². The molecule has 2 aromatic rings. The van der Waals surface area contributed by atoms with E-state index in [4.69, 9.17) is 4.74 Å². The van der Waals surface area contributed by atoms with Crippen molar-refractivity contribution in [3.8, 4) is 5.75 Å². The molecule has 1 amide bonds. The quantitative estimate of drug-likeness (QED) is 0.889. The van der Waals surface area contributed by atoms with Crippen molar-refractivity contribution in [3.63, 3.8) is 0 Å². The van der Waals surface area contributed by atoms with Crippen LogP contribution in [0.3, 0.4) is 0 Å². The van der Waals surface area contributed by atoms with Crippen molar-refractivity contribution in [1.82, 2.24) is 5.32 Å². The van der Waals surface area contributed by atoms with Gasteiger partial charge in [0.1, 0.15) is 5.75 Å². The monoisotopic (exact) mass is 295 g/mol. The lowest BCUT2D eigenvalue weighted by Gasteiger charge is -2.16. The fourth-order valence-corrected chi connectivity index (χ4v) is 2.77. The number of ether oxygens (including phenoxy) is 1. The number of benzene rings is 2. The Morgan fingerprint density at radius 3 is 2.36 bits per heavy atom. The molecule has 3 heteroatoms. The number of carbonyl (C=O) groups is 1. The van der Waals surface area contributed by atoms with Crippen molar-refractivity contribution in [2.45, 2.75) is 24.7 Å². The maximum atomic E-state index is 12.1. The number of hydrogen-bond donors (Lipinski definition) is 1. The molecule has 1 N–H and O–H groups in total. The zero-order valence-corrected chi connectivity index (χ0v) is 12.8. The first-order valence-electron chi connectivity index (χ1n) is 7.67. The van der Waals surface area contributed by atoms with Gasteiger partial charge in [0.15, 0.2) is 0 Å². The molecular formula is C19H21NO2. The van der Waals surface area contributed by atoms with Gasteiger partial charge in [-0.2, -0.15) is 0 Å². The molecule has 0 aromatic heterocycles. The fraction of sp³-hybridized carbons (Fsp3) is 0.316. The van der Waals surface area contributed by atoms with E-state index in [9.17, 15) is 4.79 Å². The van der Waals surface area contributed by atoms with Gasteiger partial charge in [0, 0.05) is 12.0 Å². The van der Waals surface area contributed by atoms with Crippen molar-refractivity contribution in [2.24, 2.45) is 0 Å². The zero-order valence-electron chi connectivity index (χ0n) is 12.8. The largest absolute Gasteiger partial charge is 0.497 e. The maximum Gasteiger partial charge on any atom is 0.224 e. The van der Waals surface area contributed by atoms with Gasteiger partial charge in [-0.3, -0.25) is 4.79 Å². The number of carbonyl (C=O) groups excluding carboxylic acids is 1. The number of rotatable bonds is 6. The Balaban J connectivity index is 1.54. The van der Waals surface area contributed by atoms with Crippen molar-refractivity contribution in [1.29, 1.82) is 0 Å². The summed E-state index contributed by atoms with van der Waals surface area (Å²) in [6.07, 6.45) is 2.72. The number of methoxy groups -OCH3 is 1. The molecule has 1 fully saturated rings. The van der Waals surface area contributed by atoms with Crippen LogP contribution >= 0.6 is 0 Å². The van der Waals surface area contributed by atoms with E-state index in [2.05, 4.69) is 29.6 Å². The summed E-state index contributed by atoms with van der Waals surface area (Å²) in [5.41, 5.74) is 2.50. The fourth-order valence-electron chi connectivity index (χ4n) is 2.77. The Hall–Kier alpha value is -2.29. The average Bonchev–Trinajstić information content (AvgIpc) is 3.36. The van der Waals surface area contributed by atoms with Gasteiger partial charge in [0.2, 0.25) is 5.91 Å². The molecule has 1 saturated carbocycles. The van der Waals surface area contributed by atoms with E-state index in [0.29, 0.717) is 6.42 Å². The van der Waals surface area contributed by atoms with Crippen molar-refractivity contribution < 1.29 is 9.53 Å². The third kappa shape index (κ3) is 3.30. The molecular weight excluding hydrogens is 274 g/mol.